The minimum atomic E-state index is 0. The van der Waals surface area contributed by atoms with E-state index in [1.54, 1.807) is 0 Å². The molecule has 73 valence electrons. The van der Waals surface area contributed by atoms with E-state index < -0.39 is 0 Å². The quantitative estimate of drug-likeness (QED) is 0.482. The Labute approximate surface area is 110 Å². The smallest absolute Gasteiger partial charge is 0 e. The monoisotopic (exact) mass is 199 g/mol. The van der Waals surface area contributed by atoms with Crippen LogP contribution in [0.2, 0.25) is 0 Å². The Morgan fingerprint density at radius 1 is 0.857 bits per heavy atom. The first kappa shape index (κ1) is 14.2. The van der Waals surface area contributed by atoms with Gasteiger partial charge >= 0.3 is 0 Å². The molecule has 0 aromatic heterocycles. The molecule has 0 nitrogen and oxygen atoms in total. The van der Waals surface area contributed by atoms with E-state index in [1.807, 2.05) is 0 Å². The number of hydrogen-bond donors (Lipinski definition) is 0. The molecular weight excluding hydrogens is 179 g/mol. The summed E-state index contributed by atoms with van der Waals surface area (Å²) in [6, 6.07) is 10.8. The molecule has 0 spiro atoms. The molecule has 0 saturated heterocycles. The fourth-order valence-corrected chi connectivity index (χ4v) is 1.58. The van der Waals surface area contributed by atoms with Gasteiger partial charge in [0.2, 0.25) is 0 Å². The van der Waals surface area contributed by atoms with Gasteiger partial charge < -0.3 is 0 Å². The predicted molar refractivity (Wildman–Crippen MR) is 64.7 cm³/mol. The van der Waals surface area contributed by atoms with Crippen molar-refractivity contribution in [3.8, 4) is 0 Å². The predicted octanol–water partition coefficient (Wildman–Crippen LogP) is 3.82. The number of unbranched alkanes of at least 4 members (excludes halogenated alkanes) is 4. The summed E-state index contributed by atoms with van der Waals surface area (Å²) in [6.45, 7) is 2.26. The minimum Gasteiger partial charge on any atom is -0.0654 e. The molecule has 0 aliphatic heterocycles. The molecule has 1 radical (unpaired) electrons. The molecule has 0 amide bonds. The molecule has 14 heavy (non-hydrogen) atoms. The number of rotatable bonds is 6. The standard InChI is InChI=1S/C13H20.Na/c1-2-3-4-5-7-10-13-11-8-6-9-12-13;/h6,8-9,11-12H,2-5,7,10H2,1H3;. The number of aryl methyl sites for hydroxylation is 1. The fraction of sp³-hybridized carbons (Fsp3) is 0.538. The van der Waals surface area contributed by atoms with Crippen LogP contribution in [0.3, 0.4) is 0 Å². The van der Waals surface area contributed by atoms with Gasteiger partial charge in [0.15, 0.2) is 0 Å². The van der Waals surface area contributed by atoms with Crippen LogP contribution < -0.4 is 0 Å². The van der Waals surface area contributed by atoms with Crippen LogP contribution in [-0.4, -0.2) is 29.6 Å². The second-order valence-corrected chi connectivity index (χ2v) is 3.65. The van der Waals surface area contributed by atoms with E-state index in [0.29, 0.717) is 0 Å². The maximum atomic E-state index is 2.26. The van der Waals surface area contributed by atoms with E-state index in [4.69, 9.17) is 0 Å². The summed E-state index contributed by atoms with van der Waals surface area (Å²) >= 11 is 0. The normalized spacial score (nSPS) is 9.50. The molecule has 0 N–H and O–H groups in total. The SMILES string of the molecule is CCCCCCCc1ccccc1.[Na]. The summed E-state index contributed by atoms with van der Waals surface area (Å²) in [5.41, 5.74) is 1.49. The Balaban J connectivity index is 0.00000169. The molecule has 1 rings (SSSR count). The van der Waals surface area contributed by atoms with Gasteiger partial charge in [-0.3, -0.25) is 0 Å². The van der Waals surface area contributed by atoms with E-state index in [2.05, 4.69) is 37.3 Å². The average Bonchev–Trinajstić information content (AvgIpc) is 2.19. The van der Waals surface area contributed by atoms with E-state index >= 15 is 0 Å². The average molecular weight is 199 g/mol. The summed E-state index contributed by atoms with van der Waals surface area (Å²) in [5.74, 6) is 0. The van der Waals surface area contributed by atoms with Crippen LogP contribution in [0, 0.1) is 0 Å². The van der Waals surface area contributed by atoms with Crippen LogP contribution in [0.4, 0.5) is 0 Å². The van der Waals surface area contributed by atoms with Crippen LogP contribution in [0.1, 0.15) is 44.6 Å². The molecule has 0 atom stereocenters. The molecule has 1 aromatic carbocycles. The summed E-state index contributed by atoms with van der Waals surface area (Å²) in [4.78, 5) is 0. The second-order valence-electron chi connectivity index (χ2n) is 3.65. The van der Waals surface area contributed by atoms with Gasteiger partial charge in [-0.25, -0.2) is 0 Å². The Morgan fingerprint density at radius 2 is 1.50 bits per heavy atom. The van der Waals surface area contributed by atoms with Crippen molar-refractivity contribution in [3.05, 3.63) is 35.9 Å². The second kappa shape index (κ2) is 9.76. The maximum Gasteiger partial charge on any atom is 0 e. The molecule has 0 heterocycles. The van der Waals surface area contributed by atoms with Crippen molar-refractivity contribution in [2.24, 2.45) is 0 Å². The third-order valence-electron chi connectivity index (χ3n) is 2.41. The van der Waals surface area contributed by atoms with Crippen LogP contribution in [0.25, 0.3) is 0 Å². The number of hydrogen-bond acceptors (Lipinski definition) is 0. The third kappa shape index (κ3) is 6.64. The zero-order chi connectivity index (χ0) is 9.36. The van der Waals surface area contributed by atoms with Crippen LogP contribution >= 0.6 is 0 Å². The van der Waals surface area contributed by atoms with Crippen molar-refractivity contribution in [1.29, 1.82) is 0 Å². The largest absolute Gasteiger partial charge is 0.0654 e. The van der Waals surface area contributed by atoms with Crippen molar-refractivity contribution in [3.63, 3.8) is 0 Å². The van der Waals surface area contributed by atoms with E-state index in [1.165, 1.54) is 44.1 Å². The van der Waals surface area contributed by atoms with Gasteiger partial charge in [-0.15, -0.1) is 0 Å². The van der Waals surface area contributed by atoms with Gasteiger partial charge in [-0.1, -0.05) is 62.9 Å². The third-order valence-corrected chi connectivity index (χ3v) is 2.41. The molecule has 1 aromatic rings. The van der Waals surface area contributed by atoms with Crippen LogP contribution in [0.15, 0.2) is 30.3 Å². The van der Waals surface area contributed by atoms with Crippen molar-refractivity contribution < 1.29 is 0 Å². The molecule has 0 unspecified atom stereocenters. The number of benzene rings is 1. The molecule has 1 heteroatoms. The molecule has 0 aliphatic rings. The zero-order valence-corrected chi connectivity index (χ0v) is 11.6. The van der Waals surface area contributed by atoms with E-state index in [-0.39, 0.29) is 29.6 Å². The Bertz CT molecular complexity index is 206. The van der Waals surface area contributed by atoms with Gasteiger partial charge in [0.25, 0.3) is 0 Å². The minimum absolute atomic E-state index is 0. The Hall–Kier alpha value is 0.220. The first-order valence-corrected chi connectivity index (χ1v) is 5.47. The first-order chi connectivity index (χ1) is 6.43. The van der Waals surface area contributed by atoms with Crippen molar-refractivity contribution in [2.75, 3.05) is 0 Å². The molecule has 0 bridgehead atoms. The zero-order valence-electron chi connectivity index (χ0n) is 9.63. The first-order valence-electron chi connectivity index (χ1n) is 5.47. The van der Waals surface area contributed by atoms with Gasteiger partial charge in [-0.2, -0.15) is 0 Å². The van der Waals surface area contributed by atoms with Crippen molar-refractivity contribution in [2.45, 2.75) is 45.4 Å². The summed E-state index contributed by atoms with van der Waals surface area (Å²) in [7, 11) is 0. The van der Waals surface area contributed by atoms with Crippen molar-refractivity contribution in [1.82, 2.24) is 0 Å². The van der Waals surface area contributed by atoms with Crippen molar-refractivity contribution >= 4 is 29.6 Å². The van der Waals surface area contributed by atoms with Gasteiger partial charge in [0, 0.05) is 29.6 Å². The molecule has 0 fully saturated rings. The summed E-state index contributed by atoms with van der Waals surface area (Å²) in [6.07, 6.45) is 8.14. The molecule has 0 aliphatic carbocycles. The topological polar surface area (TPSA) is 0 Å². The Morgan fingerprint density at radius 3 is 2.14 bits per heavy atom. The summed E-state index contributed by atoms with van der Waals surface area (Å²) in [5, 5.41) is 0. The molecule has 0 saturated carbocycles. The van der Waals surface area contributed by atoms with Gasteiger partial charge in [0.1, 0.15) is 0 Å². The maximum absolute atomic E-state index is 2.26. The van der Waals surface area contributed by atoms with Crippen LogP contribution in [-0.2, 0) is 6.42 Å². The van der Waals surface area contributed by atoms with Crippen LogP contribution in [0.5, 0.6) is 0 Å². The van der Waals surface area contributed by atoms with Gasteiger partial charge in [-0.05, 0) is 18.4 Å². The fourth-order valence-electron chi connectivity index (χ4n) is 1.58. The summed E-state index contributed by atoms with van der Waals surface area (Å²) < 4.78 is 0. The van der Waals surface area contributed by atoms with E-state index in [0.717, 1.165) is 0 Å². The Kier molecular flexibility index (Phi) is 9.92. The molecular formula is C13H20Na. The van der Waals surface area contributed by atoms with E-state index in [9.17, 15) is 0 Å². The van der Waals surface area contributed by atoms with Gasteiger partial charge in [0.05, 0.1) is 0 Å².